The number of hydrogen-bond donors (Lipinski definition) is 1. The zero-order chi connectivity index (χ0) is 16.3. The molecule has 1 aromatic carbocycles. The first-order valence-corrected chi connectivity index (χ1v) is 9.31. The average molecular weight is 386 g/mol. The minimum atomic E-state index is 0.585. The summed E-state index contributed by atoms with van der Waals surface area (Å²) in [7, 11) is 2.27. The Morgan fingerprint density at radius 3 is 3.12 bits per heavy atom. The van der Waals surface area contributed by atoms with Crippen molar-refractivity contribution in [3.05, 3.63) is 46.6 Å². The first kappa shape index (κ1) is 14.7. The molecule has 24 heavy (non-hydrogen) atoms. The first-order chi connectivity index (χ1) is 11.7. The molecule has 1 saturated heterocycles. The summed E-state index contributed by atoms with van der Waals surface area (Å²) in [5.41, 5.74) is 4.22. The molecular weight excluding hydrogens is 366 g/mol. The van der Waals surface area contributed by atoms with Crippen molar-refractivity contribution in [1.82, 2.24) is 24.6 Å². The number of aromatic nitrogens is 4. The van der Waals surface area contributed by atoms with Gasteiger partial charge in [-0.25, -0.2) is 4.98 Å². The topological polar surface area (TPSA) is 49.7 Å². The van der Waals surface area contributed by atoms with Crippen LogP contribution in [-0.2, 0) is 13.0 Å². The maximum Gasteiger partial charge on any atom is 0.137 e. The second-order valence-electron chi connectivity index (χ2n) is 7.22. The second kappa shape index (κ2) is 5.43. The number of H-pyrrole nitrogens is 1. The Hall–Kier alpha value is -1.66. The smallest absolute Gasteiger partial charge is 0.137 e. The second-order valence-corrected chi connectivity index (χ2v) is 8.02. The molecule has 1 aliphatic heterocycles. The lowest BCUT2D eigenvalue weighted by Crippen LogP contribution is -2.48. The van der Waals surface area contributed by atoms with Crippen LogP contribution in [0.3, 0.4) is 0 Å². The van der Waals surface area contributed by atoms with Crippen LogP contribution in [0.25, 0.3) is 10.9 Å². The molecule has 5 nitrogen and oxygen atoms in total. The number of nitrogens with zero attached hydrogens (tertiary/aromatic N) is 4. The van der Waals surface area contributed by atoms with Crippen molar-refractivity contribution in [2.24, 2.45) is 5.92 Å². The van der Waals surface area contributed by atoms with E-state index in [1.807, 2.05) is 11.0 Å². The average Bonchev–Trinajstić information content (AvgIpc) is 3.18. The van der Waals surface area contributed by atoms with Gasteiger partial charge in [-0.3, -0.25) is 4.68 Å². The molecule has 2 aromatic heterocycles. The largest absolute Gasteiger partial charge is 0.349 e. The van der Waals surface area contributed by atoms with E-state index in [2.05, 4.69) is 61.1 Å². The molecule has 0 unspecified atom stereocenters. The van der Waals surface area contributed by atoms with Gasteiger partial charge < -0.3 is 9.88 Å². The molecule has 3 atom stereocenters. The van der Waals surface area contributed by atoms with Crippen LogP contribution in [0, 0.1) is 5.92 Å². The Balaban J connectivity index is 1.54. The van der Waals surface area contributed by atoms with Gasteiger partial charge in [0.2, 0.25) is 0 Å². The van der Waals surface area contributed by atoms with Crippen LogP contribution in [0.5, 0.6) is 0 Å². The van der Waals surface area contributed by atoms with Crippen LogP contribution in [0.4, 0.5) is 0 Å². The van der Waals surface area contributed by atoms with Crippen molar-refractivity contribution in [3.63, 3.8) is 0 Å². The Labute approximate surface area is 149 Å². The van der Waals surface area contributed by atoms with Gasteiger partial charge in [0.25, 0.3) is 0 Å². The molecule has 0 bridgehead atoms. The quantitative estimate of drug-likeness (QED) is 0.736. The molecule has 1 N–H and O–H groups in total. The highest BCUT2D eigenvalue weighted by Crippen LogP contribution is 2.46. The SMILES string of the molecule is CN1C[C@H](Cn2cncn2)C[C@@H]2c3cccc4[nH]c(Br)c(c34)C[C@H]21. The summed E-state index contributed by atoms with van der Waals surface area (Å²) in [4.78, 5) is 10.1. The van der Waals surface area contributed by atoms with Crippen LogP contribution in [0.15, 0.2) is 35.5 Å². The van der Waals surface area contributed by atoms with E-state index in [-0.39, 0.29) is 0 Å². The Morgan fingerprint density at radius 1 is 1.38 bits per heavy atom. The van der Waals surface area contributed by atoms with E-state index in [9.17, 15) is 0 Å². The van der Waals surface area contributed by atoms with Gasteiger partial charge in [-0.05, 0) is 58.9 Å². The fourth-order valence-electron chi connectivity index (χ4n) is 4.82. The molecule has 1 aliphatic carbocycles. The van der Waals surface area contributed by atoms with Crippen molar-refractivity contribution < 1.29 is 0 Å². The first-order valence-electron chi connectivity index (χ1n) is 8.52. The molecular formula is C18H20BrN5. The van der Waals surface area contributed by atoms with Crippen LogP contribution < -0.4 is 0 Å². The highest BCUT2D eigenvalue weighted by molar-refractivity contribution is 9.10. The third-order valence-corrected chi connectivity index (χ3v) is 6.47. The summed E-state index contributed by atoms with van der Waals surface area (Å²) in [6.07, 6.45) is 5.79. The van der Waals surface area contributed by atoms with E-state index in [0.717, 1.165) is 24.1 Å². The van der Waals surface area contributed by atoms with Crippen LogP contribution >= 0.6 is 15.9 Å². The number of likely N-dealkylation sites (N-methyl/N-ethyl adjacent to an activating group) is 1. The van der Waals surface area contributed by atoms with Crippen LogP contribution in [0.2, 0.25) is 0 Å². The lowest BCUT2D eigenvalue weighted by atomic mass is 9.72. The number of benzene rings is 1. The summed E-state index contributed by atoms with van der Waals surface area (Å²) >= 11 is 3.73. The zero-order valence-electron chi connectivity index (χ0n) is 13.6. The lowest BCUT2D eigenvalue weighted by Gasteiger charge is -2.45. The Bertz CT molecular complexity index is 884. The summed E-state index contributed by atoms with van der Waals surface area (Å²) in [5, 5.41) is 5.74. The van der Waals surface area contributed by atoms with Crippen molar-refractivity contribution in [2.45, 2.75) is 31.3 Å². The summed E-state index contributed by atoms with van der Waals surface area (Å²) in [5.74, 6) is 1.20. The molecule has 1 fully saturated rings. The van der Waals surface area contributed by atoms with Crippen molar-refractivity contribution in [3.8, 4) is 0 Å². The third kappa shape index (κ3) is 2.16. The highest BCUT2D eigenvalue weighted by atomic mass is 79.9. The van der Waals surface area contributed by atoms with Gasteiger partial charge in [0.1, 0.15) is 12.7 Å². The van der Waals surface area contributed by atoms with E-state index in [0.29, 0.717) is 17.9 Å². The molecule has 6 heteroatoms. The van der Waals surface area contributed by atoms with Gasteiger partial charge >= 0.3 is 0 Å². The molecule has 124 valence electrons. The molecule has 2 aliphatic rings. The lowest BCUT2D eigenvalue weighted by molar-refractivity contribution is 0.101. The fraction of sp³-hybridized carbons (Fsp3) is 0.444. The van der Waals surface area contributed by atoms with Crippen molar-refractivity contribution in [1.29, 1.82) is 0 Å². The van der Waals surface area contributed by atoms with Gasteiger partial charge in [0, 0.05) is 36.0 Å². The molecule has 0 radical (unpaired) electrons. The zero-order valence-corrected chi connectivity index (χ0v) is 15.2. The maximum atomic E-state index is 4.29. The molecule has 3 heterocycles. The van der Waals surface area contributed by atoms with Gasteiger partial charge in [-0.1, -0.05) is 12.1 Å². The summed E-state index contributed by atoms with van der Waals surface area (Å²) in [6.45, 7) is 2.07. The van der Waals surface area contributed by atoms with E-state index in [1.54, 1.807) is 6.33 Å². The number of halogens is 1. The minimum Gasteiger partial charge on any atom is -0.349 e. The Morgan fingerprint density at radius 2 is 2.29 bits per heavy atom. The molecule has 3 aromatic rings. The number of nitrogens with one attached hydrogen (secondary N) is 1. The highest BCUT2D eigenvalue weighted by Gasteiger charge is 2.40. The van der Waals surface area contributed by atoms with Crippen molar-refractivity contribution >= 4 is 26.8 Å². The van der Waals surface area contributed by atoms with E-state index >= 15 is 0 Å². The van der Waals surface area contributed by atoms with Crippen LogP contribution in [-0.4, -0.2) is 44.3 Å². The van der Waals surface area contributed by atoms with Gasteiger partial charge in [-0.2, -0.15) is 5.10 Å². The molecule has 0 spiro atoms. The number of likely N-dealkylation sites (tertiary alicyclic amines) is 1. The molecule has 0 amide bonds. The number of piperidine rings is 1. The molecule has 0 saturated carbocycles. The fourth-order valence-corrected chi connectivity index (χ4v) is 5.39. The summed E-state index contributed by atoms with van der Waals surface area (Å²) in [6, 6.07) is 7.29. The summed E-state index contributed by atoms with van der Waals surface area (Å²) < 4.78 is 3.13. The number of hydrogen-bond acceptors (Lipinski definition) is 3. The van der Waals surface area contributed by atoms with Crippen molar-refractivity contribution in [2.75, 3.05) is 13.6 Å². The number of aromatic amines is 1. The minimum absolute atomic E-state index is 0.585. The van der Waals surface area contributed by atoms with Gasteiger partial charge in [0.05, 0.1) is 4.60 Å². The third-order valence-electron chi connectivity index (χ3n) is 5.80. The van der Waals surface area contributed by atoms with E-state index < -0.39 is 0 Å². The Kier molecular flexibility index (Phi) is 3.31. The molecule has 5 rings (SSSR count). The maximum absolute atomic E-state index is 4.29. The van der Waals surface area contributed by atoms with Gasteiger partial charge in [-0.15, -0.1) is 0 Å². The number of rotatable bonds is 2. The predicted octanol–water partition coefficient (Wildman–Crippen LogP) is 3.18. The van der Waals surface area contributed by atoms with Gasteiger partial charge in [0.15, 0.2) is 0 Å². The number of fused-ring (bicyclic) bond motifs is 2. The monoisotopic (exact) mass is 385 g/mol. The van der Waals surface area contributed by atoms with E-state index in [1.165, 1.54) is 28.5 Å². The van der Waals surface area contributed by atoms with E-state index in [4.69, 9.17) is 0 Å². The predicted molar refractivity (Wildman–Crippen MR) is 97.0 cm³/mol. The van der Waals surface area contributed by atoms with Crippen LogP contribution in [0.1, 0.15) is 23.5 Å². The normalized spacial score (nSPS) is 26.7. The standard InChI is InChI=1S/C18H20BrN5/c1-23-7-11(8-24-10-20-9-21-24)5-13-12-3-2-4-15-17(12)14(6-16(13)23)18(19)22-15/h2-4,9-11,13,16,22H,5-8H2,1H3/t11-,13-,16-/m1/s1.